The summed E-state index contributed by atoms with van der Waals surface area (Å²) in [5.41, 5.74) is 2.22. The van der Waals surface area contributed by atoms with Crippen molar-refractivity contribution in [3.05, 3.63) is 76.5 Å². The number of nitrogens with one attached hydrogen (secondary N) is 1. The molecule has 28 heavy (non-hydrogen) atoms. The number of likely N-dealkylation sites (tertiary alicyclic amines) is 1. The molecule has 0 aliphatic carbocycles. The highest BCUT2D eigenvalue weighted by atomic mass is 16.2. The Labute approximate surface area is 161 Å². The van der Waals surface area contributed by atoms with Crippen LogP contribution in [0.1, 0.15) is 35.1 Å². The number of benzene rings is 2. The fourth-order valence-electron chi connectivity index (χ4n) is 4.24. The van der Waals surface area contributed by atoms with E-state index in [-0.39, 0.29) is 17.5 Å². The van der Waals surface area contributed by atoms with Crippen molar-refractivity contribution < 1.29 is 4.79 Å². The van der Waals surface area contributed by atoms with E-state index in [1.807, 2.05) is 53.6 Å². The van der Waals surface area contributed by atoms with Gasteiger partial charge in [-0.15, -0.1) is 0 Å². The monoisotopic (exact) mass is 372 g/mol. The van der Waals surface area contributed by atoms with E-state index >= 15 is 0 Å². The number of nitrogens with zero attached hydrogens (tertiary/aromatic N) is 3. The zero-order chi connectivity index (χ0) is 19.3. The number of amides is 1. The molecule has 1 aliphatic rings. The van der Waals surface area contributed by atoms with E-state index in [4.69, 9.17) is 4.98 Å². The SMILES string of the molecule is Cn1c(C2CCCN2C(=O)c2cccc3[nH]ccc23)nc2ccccc2c1=O. The molecule has 1 saturated heterocycles. The average molecular weight is 372 g/mol. The van der Waals surface area contributed by atoms with E-state index in [0.717, 1.165) is 23.7 Å². The van der Waals surface area contributed by atoms with E-state index < -0.39 is 0 Å². The van der Waals surface area contributed by atoms with Crippen molar-refractivity contribution in [2.75, 3.05) is 6.54 Å². The molecule has 140 valence electrons. The maximum absolute atomic E-state index is 13.4. The van der Waals surface area contributed by atoms with Crippen LogP contribution >= 0.6 is 0 Å². The molecule has 6 heteroatoms. The minimum absolute atomic E-state index is 0.0184. The largest absolute Gasteiger partial charge is 0.361 e. The molecule has 1 fully saturated rings. The predicted octanol–water partition coefficient (Wildman–Crippen LogP) is 3.39. The fourth-order valence-corrected chi connectivity index (χ4v) is 4.24. The van der Waals surface area contributed by atoms with Crippen LogP contribution in [0.25, 0.3) is 21.8 Å². The molecule has 6 nitrogen and oxygen atoms in total. The summed E-state index contributed by atoms with van der Waals surface area (Å²) < 4.78 is 1.59. The second-order valence-electron chi connectivity index (χ2n) is 7.25. The molecule has 4 aromatic rings. The van der Waals surface area contributed by atoms with Crippen molar-refractivity contribution in [3.8, 4) is 0 Å². The van der Waals surface area contributed by atoms with Gasteiger partial charge in [0.15, 0.2) is 0 Å². The van der Waals surface area contributed by atoms with Gasteiger partial charge in [0.2, 0.25) is 0 Å². The van der Waals surface area contributed by atoms with E-state index in [1.54, 1.807) is 17.7 Å². The summed E-state index contributed by atoms with van der Waals surface area (Å²) in [5.74, 6) is 0.630. The third-order valence-electron chi connectivity index (χ3n) is 5.65. The first-order valence-corrected chi connectivity index (χ1v) is 9.48. The van der Waals surface area contributed by atoms with Gasteiger partial charge in [-0.2, -0.15) is 0 Å². The van der Waals surface area contributed by atoms with Gasteiger partial charge >= 0.3 is 0 Å². The van der Waals surface area contributed by atoms with Gasteiger partial charge in [-0.3, -0.25) is 14.2 Å². The number of hydrogen-bond acceptors (Lipinski definition) is 3. The molecular formula is C22H20N4O2. The molecule has 0 bridgehead atoms. The Morgan fingerprint density at radius 3 is 2.86 bits per heavy atom. The Kier molecular flexibility index (Phi) is 3.79. The number of hydrogen-bond donors (Lipinski definition) is 1. The third-order valence-corrected chi connectivity index (χ3v) is 5.65. The minimum atomic E-state index is -0.205. The Morgan fingerprint density at radius 2 is 1.96 bits per heavy atom. The van der Waals surface area contributed by atoms with Crippen molar-refractivity contribution in [3.63, 3.8) is 0 Å². The molecule has 2 aromatic carbocycles. The summed E-state index contributed by atoms with van der Waals surface area (Å²) in [6.45, 7) is 0.660. The van der Waals surface area contributed by atoms with Crippen molar-refractivity contribution in [1.82, 2.24) is 19.4 Å². The van der Waals surface area contributed by atoms with Gasteiger partial charge in [-0.05, 0) is 43.2 Å². The molecule has 1 aliphatic heterocycles. The van der Waals surface area contributed by atoms with E-state index in [2.05, 4.69) is 4.98 Å². The lowest BCUT2D eigenvalue weighted by Gasteiger charge is -2.26. The van der Waals surface area contributed by atoms with Crippen LogP contribution in [0.5, 0.6) is 0 Å². The van der Waals surface area contributed by atoms with Crippen molar-refractivity contribution in [1.29, 1.82) is 0 Å². The highest BCUT2D eigenvalue weighted by Gasteiger charge is 2.34. The summed E-state index contributed by atoms with van der Waals surface area (Å²) in [6.07, 6.45) is 3.53. The lowest BCUT2D eigenvalue weighted by Crippen LogP contribution is -2.34. The fraction of sp³-hybridized carbons (Fsp3) is 0.227. The Balaban J connectivity index is 1.60. The molecule has 0 spiro atoms. The second kappa shape index (κ2) is 6.34. The molecule has 1 atom stereocenters. The van der Waals surface area contributed by atoms with Gasteiger partial charge in [0.1, 0.15) is 5.82 Å². The topological polar surface area (TPSA) is 71.0 Å². The van der Waals surface area contributed by atoms with Crippen molar-refractivity contribution in [2.45, 2.75) is 18.9 Å². The number of aromatic nitrogens is 3. The normalized spacial score (nSPS) is 16.9. The van der Waals surface area contributed by atoms with Gasteiger partial charge in [0, 0.05) is 36.3 Å². The van der Waals surface area contributed by atoms with E-state index in [1.165, 1.54) is 0 Å². The highest BCUT2D eigenvalue weighted by molar-refractivity contribution is 6.06. The molecule has 0 saturated carbocycles. The van der Waals surface area contributed by atoms with Crippen molar-refractivity contribution in [2.24, 2.45) is 7.05 Å². The lowest BCUT2D eigenvalue weighted by molar-refractivity contribution is 0.0729. The molecule has 3 heterocycles. The Morgan fingerprint density at radius 1 is 1.11 bits per heavy atom. The number of para-hydroxylation sites is 1. The zero-order valence-electron chi connectivity index (χ0n) is 15.6. The smallest absolute Gasteiger partial charge is 0.261 e. The van der Waals surface area contributed by atoms with Crippen LogP contribution in [0.15, 0.2) is 59.5 Å². The number of carbonyl (C=O) groups is 1. The highest BCUT2D eigenvalue weighted by Crippen LogP contribution is 2.33. The van der Waals surface area contributed by atoms with Crippen LogP contribution in [-0.2, 0) is 7.05 Å². The molecule has 1 amide bonds. The third kappa shape index (κ3) is 2.45. The zero-order valence-corrected chi connectivity index (χ0v) is 15.6. The maximum atomic E-state index is 13.4. The van der Waals surface area contributed by atoms with Crippen LogP contribution in [0.2, 0.25) is 0 Å². The number of fused-ring (bicyclic) bond motifs is 2. The standard InChI is InChI=1S/C22H20N4O2/c1-25-20(24-18-8-3-2-6-16(18)21(25)27)19-10-5-13-26(19)22(28)15-7-4-9-17-14(15)11-12-23-17/h2-4,6-9,11-12,19,23H,5,10,13H2,1H3. The quantitative estimate of drug-likeness (QED) is 0.586. The van der Waals surface area contributed by atoms with Gasteiger partial charge in [0.05, 0.1) is 16.9 Å². The first-order valence-electron chi connectivity index (χ1n) is 9.48. The van der Waals surface area contributed by atoms with Crippen LogP contribution in [0, 0.1) is 0 Å². The van der Waals surface area contributed by atoms with Gasteiger partial charge in [-0.1, -0.05) is 18.2 Å². The lowest BCUT2D eigenvalue weighted by atomic mass is 10.1. The first kappa shape index (κ1) is 16.7. The summed E-state index contributed by atoms with van der Waals surface area (Å²) in [6, 6.07) is 14.8. The minimum Gasteiger partial charge on any atom is -0.361 e. The second-order valence-corrected chi connectivity index (χ2v) is 7.25. The molecule has 5 rings (SSSR count). The molecule has 0 radical (unpaired) electrons. The number of carbonyl (C=O) groups excluding carboxylic acids is 1. The number of aromatic amines is 1. The van der Waals surface area contributed by atoms with Gasteiger partial charge in [0.25, 0.3) is 11.5 Å². The Hall–Kier alpha value is -3.41. The molecule has 1 N–H and O–H groups in total. The van der Waals surface area contributed by atoms with Gasteiger partial charge in [-0.25, -0.2) is 4.98 Å². The summed E-state index contributed by atoms with van der Waals surface area (Å²) in [5, 5.41) is 1.51. The summed E-state index contributed by atoms with van der Waals surface area (Å²) in [7, 11) is 1.74. The van der Waals surface area contributed by atoms with E-state index in [9.17, 15) is 9.59 Å². The number of rotatable bonds is 2. The van der Waals surface area contributed by atoms with E-state index in [0.29, 0.717) is 28.8 Å². The summed E-state index contributed by atoms with van der Waals surface area (Å²) >= 11 is 0. The molecule has 2 aromatic heterocycles. The maximum Gasteiger partial charge on any atom is 0.261 e. The first-order chi connectivity index (χ1) is 13.6. The van der Waals surface area contributed by atoms with Crippen LogP contribution < -0.4 is 5.56 Å². The van der Waals surface area contributed by atoms with Crippen molar-refractivity contribution >= 4 is 27.7 Å². The average Bonchev–Trinajstić information content (AvgIpc) is 3.39. The Bertz CT molecular complexity index is 1270. The predicted molar refractivity (Wildman–Crippen MR) is 108 cm³/mol. The number of H-pyrrole nitrogens is 1. The summed E-state index contributed by atoms with van der Waals surface area (Å²) in [4.78, 5) is 36.0. The van der Waals surface area contributed by atoms with Crippen LogP contribution in [-0.4, -0.2) is 31.9 Å². The van der Waals surface area contributed by atoms with Crippen LogP contribution in [0.4, 0.5) is 0 Å². The molecule has 1 unspecified atom stereocenters. The van der Waals surface area contributed by atoms with Crippen LogP contribution in [0.3, 0.4) is 0 Å². The molecular weight excluding hydrogens is 352 g/mol. The van der Waals surface area contributed by atoms with Gasteiger partial charge < -0.3 is 9.88 Å².